The van der Waals surface area contributed by atoms with Gasteiger partial charge in [-0.15, -0.1) is 0 Å². The van der Waals surface area contributed by atoms with E-state index in [1.54, 1.807) is 7.11 Å². The van der Waals surface area contributed by atoms with Crippen molar-refractivity contribution in [3.05, 3.63) is 35.9 Å². The highest BCUT2D eigenvalue weighted by atomic mass is 16.5. The lowest BCUT2D eigenvalue weighted by molar-refractivity contribution is -0.0000293. The van der Waals surface area contributed by atoms with Gasteiger partial charge in [-0.25, -0.2) is 0 Å². The number of hydrogen-bond acceptors (Lipinski definition) is 2. The Labute approximate surface area is 79.7 Å². The Kier molecular flexibility index (Phi) is 3.07. The second-order valence-corrected chi connectivity index (χ2v) is 3.70. The van der Waals surface area contributed by atoms with Gasteiger partial charge in [0.1, 0.15) is 0 Å². The number of nitrogens with two attached hydrogens (primary N) is 1. The van der Waals surface area contributed by atoms with Gasteiger partial charge in [-0.3, -0.25) is 0 Å². The Morgan fingerprint density at radius 3 is 2.23 bits per heavy atom. The van der Waals surface area contributed by atoms with E-state index < -0.39 is 0 Å². The summed E-state index contributed by atoms with van der Waals surface area (Å²) < 4.78 is 5.33. The molecular weight excluding hydrogens is 162 g/mol. The van der Waals surface area contributed by atoms with Crippen molar-refractivity contribution in [2.24, 2.45) is 5.73 Å². The molecule has 0 aromatic heterocycles. The number of benzene rings is 1. The lowest BCUT2D eigenvalue weighted by Crippen LogP contribution is -2.37. The fourth-order valence-electron chi connectivity index (χ4n) is 1.19. The topological polar surface area (TPSA) is 35.2 Å². The van der Waals surface area contributed by atoms with E-state index in [2.05, 4.69) is 0 Å². The summed E-state index contributed by atoms with van der Waals surface area (Å²) in [4.78, 5) is 0. The minimum atomic E-state index is -0.318. The third-order valence-corrected chi connectivity index (χ3v) is 2.43. The quantitative estimate of drug-likeness (QED) is 0.771. The molecule has 1 aromatic carbocycles. The molecule has 0 aliphatic carbocycles. The van der Waals surface area contributed by atoms with Crippen LogP contribution in [0.2, 0.25) is 0 Å². The standard InChI is InChI=1S/C11H17NO/c1-11(2,13-3)10(12)9-7-5-4-6-8-9/h4-8,10H,12H2,1-3H3. The van der Waals surface area contributed by atoms with E-state index in [0.717, 1.165) is 5.56 Å². The normalized spacial score (nSPS) is 14.2. The zero-order chi connectivity index (χ0) is 9.90. The zero-order valence-corrected chi connectivity index (χ0v) is 8.45. The van der Waals surface area contributed by atoms with Gasteiger partial charge in [0.15, 0.2) is 0 Å². The highest BCUT2D eigenvalue weighted by Gasteiger charge is 2.26. The molecule has 1 aromatic rings. The summed E-state index contributed by atoms with van der Waals surface area (Å²) in [5, 5.41) is 0. The van der Waals surface area contributed by atoms with Gasteiger partial charge in [0.2, 0.25) is 0 Å². The molecule has 0 radical (unpaired) electrons. The summed E-state index contributed by atoms with van der Waals surface area (Å²) >= 11 is 0. The van der Waals surface area contributed by atoms with E-state index >= 15 is 0 Å². The van der Waals surface area contributed by atoms with Crippen molar-refractivity contribution in [3.8, 4) is 0 Å². The van der Waals surface area contributed by atoms with Crippen LogP contribution in [0.3, 0.4) is 0 Å². The van der Waals surface area contributed by atoms with Gasteiger partial charge in [-0.2, -0.15) is 0 Å². The molecule has 0 saturated heterocycles. The predicted octanol–water partition coefficient (Wildman–Crippen LogP) is 2.11. The molecular formula is C11H17NO. The maximum atomic E-state index is 6.06. The largest absolute Gasteiger partial charge is 0.377 e. The first-order valence-corrected chi connectivity index (χ1v) is 4.43. The van der Waals surface area contributed by atoms with Crippen molar-refractivity contribution >= 4 is 0 Å². The molecule has 0 amide bonds. The highest BCUT2D eigenvalue weighted by molar-refractivity contribution is 5.20. The molecule has 0 fully saturated rings. The van der Waals surface area contributed by atoms with E-state index in [0.29, 0.717) is 0 Å². The molecule has 2 N–H and O–H groups in total. The van der Waals surface area contributed by atoms with Crippen molar-refractivity contribution in [3.63, 3.8) is 0 Å². The summed E-state index contributed by atoms with van der Waals surface area (Å²) in [5.74, 6) is 0. The smallest absolute Gasteiger partial charge is 0.0814 e. The minimum absolute atomic E-state index is 0.0845. The van der Waals surface area contributed by atoms with Gasteiger partial charge in [-0.1, -0.05) is 30.3 Å². The van der Waals surface area contributed by atoms with E-state index in [1.807, 2.05) is 44.2 Å². The second-order valence-electron chi connectivity index (χ2n) is 3.70. The molecule has 1 atom stereocenters. The lowest BCUT2D eigenvalue weighted by atomic mass is 9.93. The Morgan fingerprint density at radius 1 is 1.23 bits per heavy atom. The summed E-state index contributed by atoms with van der Waals surface area (Å²) in [6, 6.07) is 9.91. The van der Waals surface area contributed by atoms with Gasteiger partial charge in [0.25, 0.3) is 0 Å². The third kappa shape index (κ3) is 2.29. The van der Waals surface area contributed by atoms with Crippen LogP contribution in [0.15, 0.2) is 30.3 Å². The van der Waals surface area contributed by atoms with E-state index in [-0.39, 0.29) is 11.6 Å². The lowest BCUT2D eigenvalue weighted by Gasteiger charge is -2.30. The number of rotatable bonds is 3. The molecule has 0 aliphatic rings. The Morgan fingerprint density at radius 2 is 1.77 bits per heavy atom. The van der Waals surface area contributed by atoms with E-state index in [4.69, 9.17) is 10.5 Å². The van der Waals surface area contributed by atoms with Crippen LogP contribution in [-0.2, 0) is 4.74 Å². The molecule has 2 heteroatoms. The molecule has 0 heterocycles. The van der Waals surface area contributed by atoms with Crippen LogP contribution in [0.25, 0.3) is 0 Å². The van der Waals surface area contributed by atoms with Crippen LogP contribution < -0.4 is 5.73 Å². The maximum absolute atomic E-state index is 6.06. The van der Waals surface area contributed by atoms with Crippen molar-refractivity contribution < 1.29 is 4.74 Å². The highest BCUT2D eigenvalue weighted by Crippen LogP contribution is 2.25. The van der Waals surface area contributed by atoms with Crippen LogP contribution >= 0.6 is 0 Å². The fraction of sp³-hybridized carbons (Fsp3) is 0.455. The van der Waals surface area contributed by atoms with E-state index in [9.17, 15) is 0 Å². The molecule has 0 spiro atoms. The Hall–Kier alpha value is -0.860. The third-order valence-electron chi connectivity index (χ3n) is 2.43. The first-order chi connectivity index (χ1) is 6.08. The number of hydrogen-bond donors (Lipinski definition) is 1. The molecule has 0 bridgehead atoms. The van der Waals surface area contributed by atoms with Gasteiger partial charge in [-0.05, 0) is 19.4 Å². The maximum Gasteiger partial charge on any atom is 0.0814 e. The molecule has 0 saturated carbocycles. The summed E-state index contributed by atoms with van der Waals surface area (Å²) in [5.41, 5.74) is 6.85. The van der Waals surface area contributed by atoms with Crippen molar-refractivity contribution in [2.45, 2.75) is 25.5 Å². The molecule has 72 valence electrons. The van der Waals surface area contributed by atoms with Crippen molar-refractivity contribution in [1.82, 2.24) is 0 Å². The van der Waals surface area contributed by atoms with Gasteiger partial charge >= 0.3 is 0 Å². The van der Waals surface area contributed by atoms with Gasteiger partial charge in [0.05, 0.1) is 11.6 Å². The first-order valence-electron chi connectivity index (χ1n) is 4.43. The van der Waals surface area contributed by atoms with Crippen LogP contribution in [0, 0.1) is 0 Å². The average molecular weight is 179 g/mol. The Bertz CT molecular complexity index is 256. The molecule has 2 nitrogen and oxygen atoms in total. The number of ether oxygens (including phenoxy) is 1. The summed E-state index contributed by atoms with van der Waals surface area (Å²) in [6.45, 7) is 3.98. The van der Waals surface area contributed by atoms with Crippen molar-refractivity contribution in [2.75, 3.05) is 7.11 Å². The SMILES string of the molecule is COC(C)(C)C(N)c1ccccc1. The summed E-state index contributed by atoms with van der Waals surface area (Å²) in [7, 11) is 1.68. The molecule has 13 heavy (non-hydrogen) atoms. The Balaban J connectivity index is 2.85. The molecule has 1 unspecified atom stereocenters. The predicted molar refractivity (Wildman–Crippen MR) is 54.5 cm³/mol. The van der Waals surface area contributed by atoms with Crippen LogP contribution in [0.1, 0.15) is 25.5 Å². The minimum Gasteiger partial charge on any atom is -0.377 e. The molecule has 0 aliphatic heterocycles. The fourth-order valence-corrected chi connectivity index (χ4v) is 1.19. The van der Waals surface area contributed by atoms with Crippen LogP contribution in [-0.4, -0.2) is 12.7 Å². The zero-order valence-electron chi connectivity index (χ0n) is 8.45. The van der Waals surface area contributed by atoms with Crippen LogP contribution in [0.4, 0.5) is 0 Å². The van der Waals surface area contributed by atoms with E-state index in [1.165, 1.54) is 0 Å². The molecule has 1 rings (SSSR count). The second kappa shape index (κ2) is 3.90. The van der Waals surface area contributed by atoms with Gasteiger partial charge in [0, 0.05) is 7.11 Å². The van der Waals surface area contributed by atoms with Crippen molar-refractivity contribution in [1.29, 1.82) is 0 Å². The number of methoxy groups -OCH3 is 1. The van der Waals surface area contributed by atoms with Crippen LogP contribution in [0.5, 0.6) is 0 Å². The average Bonchev–Trinajstić information content (AvgIpc) is 2.18. The van der Waals surface area contributed by atoms with Gasteiger partial charge < -0.3 is 10.5 Å². The monoisotopic (exact) mass is 179 g/mol. The first kappa shape index (κ1) is 10.2. The summed E-state index contributed by atoms with van der Waals surface area (Å²) in [6.07, 6.45) is 0.